The molecule has 0 bridgehead atoms. The summed E-state index contributed by atoms with van der Waals surface area (Å²) in [4.78, 5) is 10.5. The van der Waals surface area contributed by atoms with Gasteiger partial charge in [-0.05, 0) is 43.4 Å². The van der Waals surface area contributed by atoms with Crippen molar-refractivity contribution in [1.29, 1.82) is 0 Å². The number of aliphatic carboxylic acids is 1. The van der Waals surface area contributed by atoms with Gasteiger partial charge in [-0.1, -0.05) is 13.8 Å². The first kappa shape index (κ1) is 11.5. The SMILES string of the molecule is CC1(C)CCC(CC(O)C(=O)O)CC1. The lowest BCUT2D eigenvalue weighted by Crippen LogP contribution is -2.27. The van der Waals surface area contributed by atoms with Crippen molar-refractivity contribution in [1.82, 2.24) is 0 Å². The third kappa shape index (κ3) is 3.29. The van der Waals surface area contributed by atoms with E-state index in [9.17, 15) is 9.90 Å². The highest BCUT2D eigenvalue weighted by Crippen LogP contribution is 2.39. The van der Waals surface area contributed by atoms with E-state index in [1.165, 1.54) is 0 Å². The molecular weight excluding hydrogens is 180 g/mol. The normalized spacial score (nSPS) is 24.5. The topological polar surface area (TPSA) is 57.5 Å². The van der Waals surface area contributed by atoms with Crippen LogP contribution in [0.3, 0.4) is 0 Å². The molecule has 1 saturated carbocycles. The second kappa shape index (κ2) is 4.30. The summed E-state index contributed by atoms with van der Waals surface area (Å²) in [7, 11) is 0. The van der Waals surface area contributed by atoms with Crippen LogP contribution >= 0.6 is 0 Å². The molecule has 0 amide bonds. The molecule has 1 unspecified atom stereocenters. The molecule has 2 N–H and O–H groups in total. The Morgan fingerprint density at radius 1 is 1.43 bits per heavy atom. The fraction of sp³-hybridized carbons (Fsp3) is 0.909. The van der Waals surface area contributed by atoms with Crippen LogP contribution in [0.5, 0.6) is 0 Å². The zero-order valence-corrected chi connectivity index (χ0v) is 8.99. The zero-order chi connectivity index (χ0) is 10.8. The quantitative estimate of drug-likeness (QED) is 0.733. The smallest absolute Gasteiger partial charge is 0.332 e. The van der Waals surface area contributed by atoms with Gasteiger partial charge >= 0.3 is 5.97 Å². The summed E-state index contributed by atoms with van der Waals surface area (Å²) in [5.74, 6) is -0.691. The highest BCUT2D eigenvalue weighted by Gasteiger charge is 2.29. The minimum absolute atomic E-state index is 0.397. The van der Waals surface area contributed by atoms with E-state index in [4.69, 9.17) is 5.11 Å². The number of rotatable bonds is 3. The van der Waals surface area contributed by atoms with Gasteiger partial charge in [0, 0.05) is 0 Å². The molecule has 0 aliphatic heterocycles. The van der Waals surface area contributed by atoms with E-state index in [1.807, 2.05) is 0 Å². The third-order valence-corrected chi connectivity index (χ3v) is 3.30. The van der Waals surface area contributed by atoms with Crippen molar-refractivity contribution < 1.29 is 15.0 Å². The summed E-state index contributed by atoms with van der Waals surface area (Å²) in [6, 6.07) is 0. The van der Waals surface area contributed by atoms with E-state index in [2.05, 4.69) is 13.8 Å². The summed E-state index contributed by atoms with van der Waals surface area (Å²) in [6.45, 7) is 4.49. The molecule has 1 aliphatic carbocycles. The molecule has 1 atom stereocenters. The lowest BCUT2D eigenvalue weighted by Gasteiger charge is -2.34. The molecule has 0 aromatic heterocycles. The van der Waals surface area contributed by atoms with Crippen LogP contribution in [-0.2, 0) is 4.79 Å². The average molecular weight is 200 g/mol. The van der Waals surface area contributed by atoms with Crippen molar-refractivity contribution in [2.24, 2.45) is 11.3 Å². The number of carboxylic acids is 1. The van der Waals surface area contributed by atoms with Crippen molar-refractivity contribution in [3.8, 4) is 0 Å². The van der Waals surface area contributed by atoms with Crippen LogP contribution in [0.15, 0.2) is 0 Å². The molecule has 1 fully saturated rings. The predicted molar refractivity (Wildman–Crippen MR) is 54.0 cm³/mol. The lowest BCUT2D eigenvalue weighted by molar-refractivity contribution is -0.147. The second-order valence-corrected chi connectivity index (χ2v) is 5.20. The first-order valence-electron chi connectivity index (χ1n) is 5.31. The Labute approximate surface area is 85.1 Å². The number of carbonyl (C=O) groups is 1. The van der Waals surface area contributed by atoms with Crippen LogP contribution in [0, 0.1) is 11.3 Å². The van der Waals surface area contributed by atoms with Crippen molar-refractivity contribution in [2.45, 2.75) is 52.1 Å². The summed E-state index contributed by atoms with van der Waals surface area (Å²) in [5.41, 5.74) is 0.407. The maximum absolute atomic E-state index is 10.5. The molecule has 3 heteroatoms. The number of aliphatic hydroxyl groups is 1. The number of carboxylic acid groups (broad SMARTS) is 1. The van der Waals surface area contributed by atoms with E-state index >= 15 is 0 Å². The Hall–Kier alpha value is -0.570. The van der Waals surface area contributed by atoms with E-state index in [0.717, 1.165) is 25.7 Å². The minimum atomic E-state index is -1.17. The van der Waals surface area contributed by atoms with E-state index in [-0.39, 0.29) is 0 Å². The molecule has 14 heavy (non-hydrogen) atoms. The number of hydrogen-bond donors (Lipinski definition) is 2. The molecule has 0 heterocycles. The molecule has 0 radical (unpaired) electrons. The lowest BCUT2D eigenvalue weighted by atomic mass is 9.72. The Bertz CT molecular complexity index is 201. The Morgan fingerprint density at radius 3 is 2.36 bits per heavy atom. The monoisotopic (exact) mass is 200 g/mol. The predicted octanol–water partition coefficient (Wildman–Crippen LogP) is 2.04. The molecule has 82 valence electrons. The Morgan fingerprint density at radius 2 is 1.93 bits per heavy atom. The van der Waals surface area contributed by atoms with Gasteiger partial charge in [0.1, 0.15) is 0 Å². The Balaban J connectivity index is 2.32. The van der Waals surface area contributed by atoms with E-state index < -0.39 is 12.1 Å². The second-order valence-electron chi connectivity index (χ2n) is 5.20. The largest absolute Gasteiger partial charge is 0.479 e. The molecule has 0 saturated heterocycles. The third-order valence-electron chi connectivity index (χ3n) is 3.30. The minimum Gasteiger partial charge on any atom is -0.479 e. The van der Waals surface area contributed by atoms with Crippen LogP contribution < -0.4 is 0 Å². The molecule has 3 nitrogen and oxygen atoms in total. The summed E-state index contributed by atoms with van der Waals surface area (Å²) in [5, 5.41) is 17.8. The van der Waals surface area contributed by atoms with Crippen LogP contribution in [0.2, 0.25) is 0 Å². The van der Waals surface area contributed by atoms with Gasteiger partial charge in [-0.15, -0.1) is 0 Å². The summed E-state index contributed by atoms with van der Waals surface area (Å²) in [6.07, 6.45) is 3.65. The molecule has 0 aromatic rings. The highest BCUT2D eigenvalue weighted by atomic mass is 16.4. The van der Waals surface area contributed by atoms with Gasteiger partial charge in [-0.3, -0.25) is 0 Å². The number of hydrogen-bond acceptors (Lipinski definition) is 2. The van der Waals surface area contributed by atoms with Gasteiger partial charge in [-0.25, -0.2) is 4.79 Å². The first-order valence-corrected chi connectivity index (χ1v) is 5.31. The van der Waals surface area contributed by atoms with Gasteiger partial charge in [0.2, 0.25) is 0 Å². The summed E-state index contributed by atoms with van der Waals surface area (Å²) < 4.78 is 0. The maximum Gasteiger partial charge on any atom is 0.332 e. The van der Waals surface area contributed by atoms with Crippen LogP contribution in [0.25, 0.3) is 0 Å². The first-order chi connectivity index (χ1) is 6.41. The standard InChI is InChI=1S/C11H20O3/c1-11(2)5-3-8(4-6-11)7-9(12)10(13)14/h8-9,12H,3-7H2,1-2H3,(H,13,14). The van der Waals surface area contributed by atoms with Gasteiger partial charge in [0.05, 0.1) is 0 Å². The Kier molecular flexibility index (Phi) is 3.53. The average Bonchev–Trinajstić information content (AvgIpc) is 2.08. The number of aliphatic hydroxyl groups excluding tert-OH is 1. The van der Waals surface area contributed by atoms with Crippen molar-refractivity contribution in [2.75, 3.05) is 0 Å². The van der Waals surface area contributed by atoms with Gasteiger partial charge < -0.3 is 10.2 Å². The van der Waals surface area contributed by atoms with Gasteiger partial charge in [0.15, 0.2) is 6.10 Å². The zero-order valence-electron chi connectivity index (χ0n) is 8.99. The maximum atomic E-state index is 10.5. The van der Waals surface area contributed by atoms with Crippen molar-refractivity contribution in [3.05, 3.63) is 0 Å². The molecule has 0 spiro atoms. The molecule has 1 rings (SSSR count). The van der Waals surface area contributed by atoms with Gasteiger partial charge in [0.25, 0.3) is 0 Å². The van der Waals surface area contributed by atoms with Crippen molar-refractivity contribution in [3.63, 3.8) is 0 Å². The van der Waals surface area contributed by atoms with Crippen molar-refractivity contribution >= 4 is 5.97 Å². The fourth-order valence-electron chi connectivity index (χ4n) is 2.11. The molecule has 0 aromatic carbocycles. The fourth-order valence-corrected chi connectivity index (χ4v) is 2.11. The highest BCUT2D eigenvalue weighted by molar-refractivity contribution is 5.71. The van der Waals surface area contributed by atoms with Crippen LogP contribution in [-0.4, -0.2) is 22.3 Å². The van der Waals surface area contributed by atoms with E-state index in [1.54, 1.807) is 0 Å². The van der Waals surface area contributed by atoms with Crippen LogP contribution in [0.4, 0.5) is 0 Å². The molecular formula is C11H20O3. The van der Waals surface area contributed by atoms with Gasteiger partial charge in [-0.2, -0.15) is 0 Å². The van der Waals surface area contributed by atoms with E-state index in [0.29, 0.717) is 17.8 Å². The molecule has 1 aliphatic rings. The summed E-state index contributed by atoms with van der Waals surface area (Å²) >= 11 is 0. The van der Waals surface area contributed by atoms with Crippen LogP contribution in [0.1, 0.15) is 46.0 Å².